The monoisotopic (exact) mass is 402 g/mol. The lowest BCUT2D eigenvalue weighted by Crippen LogP contribution is -2.44. The molecule has 0 aliphatic carbocycles. The molecule has 0 aliphatic rings. The average molecular weight is 403 g/mol. The lowest BCUT2D eigenvalue weighted by Gasteiger charge is -2.25. The van der Waals surface area contributed by atoms with Crippen LogP contribution in [0, 0.1) is 0 Å². The second-order valence-electron chi connectivity index (χ2n) is 8.96. The van der Waals surface area contributed by atoms with Crippen molar-refractivity contribution in [3.8, 4) is 0 Å². The maximum absolute atomic E-state index is 6.48. The van der Waals surface area contributed by atoms with Crippen molar-refractivity contribution < 1.29 is 0 Å². The molecule has 0 aromatic heterocycles. The Bertz CT molecular complexity index is 445. The minimum absolute atomic E-state index is 0.279. The summed E-state index contributed by atoms with van der Waals surface area (Å²) in [7, 11) is 0. The molecule has 29 heavy (non-hydrogen) atoms. The molecule has 0 fully saturated rings. The molecule has 2 unspecified atom stereocenters. The van der Waals surface area contributed by atoms with Crippen LogP contribution in [0.1, 0.15) is 122 Å². The van der Waals surface area contributed by atoms with Crippen molar-refractivity contribution in [2.75, 3.05) is 0 Å². The Hall–Kier alpha value is -0.860. The van der Waals surface area contributed by atoms with Crippen molar-refractivity contribution in [2.45, 2.75) is 135 Å². The summed E-state index contributed by atoms with van der Waals surface area (Å²) in [5.41, 5.74) is 7.83. The van der Waals surface area contributed by atoms with Crippen LogP contribution in [0.2, 0.25) is 0 Å². The van der Waals surface area contributed by atoms with E-state index in [1.54, 1.807) is 0 Å². The molecule has 0 saturated carbocycles. The van der Waals surface area contributed by atoms with Gasteiger partial charge in [0, 0.05) is 18.6 Å². The molecule has 1 aromatic rings. The summed E-state index contributed by atoms with van der Waals surface area (Å²) in [6.07, 6.45) is 21.9. The number of nitrogens with two attached hydrogens (primary N) is 1. The zero-order valence-electron chi connectivity index (χ0n) is 19.6. The van der Waals surface area contributed by atoms with Gasteiger partial charge in [0.25, 0.3) is 0 Å². The normalized spacial score (nSPS) is 13.5. The third-order valence-corrected chi connectivity index (χ3v) is 6.17. The zero-order chi connectivity index (χ0) is 21.0. The molecule has 2 atom stereocenters. The predicted octanol–water partition coefficient (Wildman–Crippen LogP) is 7.75. The van der Waals surface area contributed by atoms with Crippen molar-refractivity contribution >= 4 is 0 Å². The Morgan fingerprint density at radius 2 is 1.17 bits per heavy atom. The van der Waals surface area contributed by atoms with Crippen LogP contribution in [0.15, 0.2) is 30.3 Å². The van der Waals surface area contributed by atoms with Gasteiger partial charge in [-0.3, -0.25) is 0 Å². The third-order valence-electron chi connectivity index (χ3n) is 6.17. The number of hydrogen-bond donors (Lipinski definition) is 2. The highest BCUT2D eigenvalue weighted by molar-refractivity contribution is 5.14. The average Bonchev–Trinajstić information content (AvgIpc) is 2.74. The zero-order valence-corrected chi connectivity index (χ0v) is 19.6. The van der Waals surface area contributed by atoms with Gasteiger partial charge in [0.15, 0.2) is 0 Å². The summed E-state index contributed by atoms with van der Waals surface area (Å²) in [4.78, 5) is 0. The van der Waals surface area contributed by atoms with E-state index < -0.39 is 0 Å². The summed E-state index contributed by atoms with van der Waals surface area (Å²) >= 11 is 0. The van der Waals surface area contributed by atoms with E-state index in [1.165, 1.54) is 102 Å². The Balaban J connectivity index is 2.05. The highest BCUT2D eigenvalue weighted by Gasteiger charge is 2.16. The maximum atomic E-state index is 6.48. The van der Waals surface area contributed by atoms with Crippen LogP contribution < -0.4 is 11.1 Å². The fraction of sp³-hybridized carbons (Fsp3) is 0.778. The predicted molar refractivity (Wildman–Crippen MR) is 130 cm³/mol. The molecule has 0 heterocycles. The van der Waals surface area contributed by atoms with Gasteiger partial charge in [-0.25, -0.2) is 0 Å². The van der Waals surface area contributed by atoms with E-state index in [4.69, 9.17) is 5.73 Å². The Kier molecular flexibility index (Phi) is 17.3. The van der Waals surface area contributed by atoms with E-state index in [2.05, 4.69) is 49.5 Å². The second kappa shape index (κ2) is 19.1. The van der Waals surface area contributed by atoms with Gasteiger partial charge in [0.05, 0.1) is 0 Å². The first-order chi connectivity index (χ1) is 14.3. The van der Waals surface area contributed by atoms with Crippen LogP contribution in [-0.4, -0.2) is 12.1 Å². The van der Waals surface area contributed by atoms with Crippen LogP contribution in [0.25, 0.3) is 0 Å². The first-order valence-electron chi connectivity index (χ1n) is 12.8. The topological polar surface area (TPSA) is 38.0 Å². The van der Waals surface area contributed by atoms with Gasteiger partial charge in [-0.15, -0.1) is 0 Å². The van der Waals surface area contributed by atoms with Crippen LogP contribution >= 0.6 is 0 Å². The summed E-state index contributed by atoms with van der Waals surface area (Å²) in [6.45, 7) is 5.46. The van der Waals surface area contributed by atoms with Gasteiger partial charge in [0.2, 0.25) is 0 Å². The maximum Gasteiger partial charge on any atom is 0.0222 e. The SMILES string of the molecule is CCCCCCCCCCCCCCCC(NCc1ccccc1)C(N)CCC. The minimum Gasteiger partial charge on any atom is -0.326 e. The number of rotatable bonds is 20. The van der Waals surface area contributed by atoms with Gasteiger partial charge in [-0.2, -0.15) is 0 Å². The first-order valence-corrected chi connectivity index (χ1v) is 12.8. The molecule has 168 valence electrons. The Morgan fingerprint density at radius 1 is 0.655 bits per heavy atom. The van der Waals surface area contributed by atoms with Crippen LogP contribution in [-0.2, 0) is 6.54 Å². The smallest absolute Gasteiger partial charge is 0.0222 e. The largest absolute Gasteiger partial charge is 0.326 e. The number of unbranched alkanes of at least 4 members (excludes halogenated alkanes) is 12. The summed E-state index contributed by atoms with van der Waals surface area (Å²) in [5, 5.41) is 3.74. The van der Waals surface area contributed by atoms with Gasteiger partial charge >= 0.3 is 0 Å². The fourth-order valence-electron chi connectivity index (χ4n) is 4.23. The third kappa shape index (κ3) is 14.7. The van der Waals surface area contributed by atoms with Crippen molar-refractivity contribution in [1.29, 1.82) is 0 Å². The van der Waals surface area contributed by atoms with E-state index in [0.29, 0.717) is 6.04 Å². The van der Waals surface area contributed by atoms with Crippen LogP contribution in [0.3, 0.4) is 0 Å². The summed E-state index contributed by atoms with van der Waals surface area (Å²) in [6, 6.07) is 11.4. The molecule has 1 rings (SSSR count). The quantitative estimate of drug-likeness (QED) is 0.219. The van der Waals surface area contributed by atoms with E-state index in [0.717, 1.165) is 13.0 Å². The second-order valence-corrected chi connectivity index (χ2v) is 8.96. The molecule has 0 aliphatic heterocycles. The van der Waals surface area contributed by atoms with Crippen molar-refractivity contribution in [2.24, 2.45) is 5.73 Å². The van der Waals surface area contributed by atoms with E-state index >= 15 is 0 Å². The van der Waals surface area contributed by atoms with Gasteiger partial charge in [-0.05, 0) is 18.4 Å². The molecule has 0 spiro atoms. The van der Waals surface area contributed by atoms with Gasteiger partial charge < -0.3 is 11.1 Å². The highest BCUT2D eigenvalue weighted by atomic mass is 14.9. The lowest BCUT2D eigenvalue weighted by atomic mass is 9.97. The summed E-state index contributed by atoms with van der Waals surface area (Å²) < 4.78 is 0. The van der Waals surface area contributed by atoms with Crippen molar-refractivity contribution in [3.05, 3.63) is 35.9 Å². The fourth-order valence-corrected chi connectivity index (χ4v) is 4.23. The van der Waals surface area contributed by atoms with E-state index in [-0.39, 0.29) is 6.04 Å². The van der Waals surface area contributed by atoms with Crippen molar-refractivity contribution in [3.63, 3.8) is 0 Å². The summed E-state index contributed by atoms with van der Waals surface area (Å²) in [5.74, 6) is 0. The molecule has 0 saturated heterocycles. The molecular weight excluding hydrogens is 352 g/mol. The van der Waals surface area contributed by atoms with Gasteiger partial charge in [-0.1, -0.05) is 134 Å². The molecule has 0 amide bonds. The molecule has 0 bridgehead atoms. The number of hydrogen-bond acceptors (Lipinski definition) is 2. The molecule has 3 N–H and O–H groups in total. The first kappa shape index (κ1) is 26.2. The Labute approximate surface area is 182 Å². The molecule has 0 radical (unpaired) electrons. The molecule has 2 heteroatoms. The van der Waals surface area contributed by atoms with E-state index in [9.17, 15) is 0 Å². The number of benzene rings is 1. The Morgan fingerprint density at radius 3 is 1.69 bits per heavy atom. The molecule has 2 nitrogen and oxygen atoms in total. The van der Waals surface area contributed by atoms with E-state index in [1.807, 2.05) is 0 Å². The molecule has 1 aromatic carbocycles. The minimum atomic E-state index is 0.279. The standard InChI is InChI=1S/C27H50N2/c1-3-5-6-7-8-9-10-11-12-13-14-15-19-23-27(26(28)20-4-2)29-24-25-21-17-16-18-22-25/h16-18,21-22,26-27,29H,3-15,19-20,23-24,28H2,1-2H3. The van der Waals surface area contributed by atoms with Crippen molar-refractivity contribution in [1.82, 2.24) is 5.32 Å². The van der Waals surface area contributed by atoms with Gasteiger partial charge in [0.1, 0.15) is 0 Å². The number of nitrogens with one attached hydrogen (secondary N) is 1. The molecular formula is C27H50N2. The highest BCUT2D eigenvalue weighted by Crippen LogP contribution is 2.15. The lowest BCUT2D eigenvalue weighted by molar-refractivity contribution is 0.372. The van der Waals surface area contributed by atoms with Crippen LogP contribution in [0.4, 0.5) is 0 Å². The van der Waals surface area contributed by atoms with Crippen LogP contribution in [0.5, 0.6) is 0 Å².